The van der Waals surface area contributed by atoms with Crippen LogP contribution in [0.15, 0.2) is 35.7 Å². The molecule has 0 bridgehead atoms. The zero-order chi connectivity index (χ0) is 13.0. The molecule has 1 atom stereocenters. The molecule has 0 aliphatic rings. The molecule has 1 aromatic heterocycles. The summed E-state index contributed by atoms with van der Waals surface area (Å²) in [6, 6.07) is 11.1. The normalized spacial score (nSPS) is 12.6. The van der Waals surface area contributed by atoms with Crippen molar-refractivity contribution in [3.8, 4) is 0 Å². The Labute approximate surface area is 113 Å². The molecule has 0 saturated heterocycles. The number of rotatable bonds is 5. The van der Waals surface area contributed by atoms with E-state index in [1.165, 1.54) is 21.6 Å². The lowest BCUT2D eigenvalue weighted by molar-refractivity contribution is 0.516. The van der Waals surface area contributed by atoms with E-state index in [4.69, 9.17) is 5.84 Å². The highest BCUT2D eigenvalue weighted by Crippen LogP contribution is 2.25. The number of thiophene rings is 1. The van der Waals surface area contributed by atoms with Crippen LogP contribution in [0.5, 0.6) is 0 Å². The minimum Gasteiger partial charge on any atom is -0.271 e. The smallest absolute Gasteiger partial charge is 0.0474 e. The van der Waals surface area contributed by atoms with Gasteiger partial charge >= 0.3 is 0 Å². The Morgan fingerprint density at radius 2 is 2.11 bits per heavy atom. The van der Waals surface area contributed by atoms with Gasteiger partial charge in [-0.15, -0.1) is 11.3 Å². The molecule has 1 heterocycles. The summed E-state index contributed by atoms with van der Waals surface area (Å²) in [4.78, 5) is 1.35. The summed E-state index contributed by atoms with van der Waals surface area (Å²) >= 11 is 1.78. The van der Waals surface area contributed by atoms with E-state index in [0.29, 0.717) is 0 Å². The fourth-order valence-electron chi connectivity index (χ4n) is 2.26. The Balaban J connectivity index is 2.02. The van der Waals surface area contributed by atoms with Gasteiger partial charge in [-0.05, 0) is 49.3 Å². The van der Waals surface area contributed by atoms with Gasteiger partial charge in [-0.1, -0.05) is 29.8 Å². The zero-order valence-electron chi connectivity index (χ0n) is 10.9. The Morgan fingerprint density at radius 1 is 1.28 bits per heavy atom. The first kappa shape index (κ1) is 13.3. The van der Waals surface area contributed by atoms with Crippen molar-refractivity contribution in [2.24, 2.45) is 5.84 Å². The van der Waals surface area contributed by atoms with Crippen LogP contribution in [0.1, 0.15) is 34.0 Å². The molecule has 2 nitrogen and oxygen atoms in total. The lowest BCUT2D eigenvalue weighted by atomic mass is 9.99. The van der Waals surface area contributed by atoms with Crippen LogP contribution in [-0.2, 0) is 6.42 Å². The third kappa shape index (κ3) is 3.19. The van der Waals surface area contributed by atoms with Crippen LogP contribution in [-0.4, -0.2) is 0 Å². The highest BCUT2D eigenvalue weighted by Gasteiger charge is 2.12. The Morgan fingerprint density at radius 3 is 2.72 bits per heavy atom. The van der Waals surface area contributed by atoms with E-state index in [1.54, 1.807) is 11.3 Å². The predicted octanol–water partition coefficient (Wildman–Crippen LogP) is 3.50. The molecule has 3 N–H and O–H groups in total. The summed E-state index contributed by atoms with van der Waals surface area (Å²) in [5.41, 5.74) is 6.96. The van der Waals surface area contributed by atoms with Crippen LogP contribution in [0.3, 0.4) is 0 Å². The van der Waals surface area contributed by atoms with E-state index in [-0.39, 0.29) is 6.04 Å². The van der Waals surface area contributed by atoms with Gasteiger partial charge in [0, 0.05) is 10.9 Å². The summed E-state index contributed by atoms with van der Waals surface area (Å²) in [5.74, 6) is 5.68. The predicted molar refractivity (Wildman–Crippen MR) is 78.6 cm³/mol. The van der Waals surface area contributed by atoms with Crippen LogP contribution in [0, 0.1) is 13.8 Å². The SMILES string of the molecule is Cc1cccc(CCC(NN)c2ccsc2C)c1. The van der Waals surface area contributed by atoms with Crippen molar-refractivity contribution in [1.82, 2.24) is 5.43 Å². The van der Waals surface area contributed by atoms with Crippen molar-refractivity contribution in [2.75, 3.05) is 0 Å². The van der Waals surface area contributed by atoms with Gasteiger partial charge in [-0.3, -0.25) is 11.3 Å². The van der Waals surface area contributed by atoms with E-state index < -0.39 is 0 Å². The largest absolute Gasteiger partial charge is 0.271 e. The van der Waals surface area contributed by atoms with Crippen LogP contribution in [0.25, 0.3) is 0 Å². The maximum Gasteiger partial charge on any atom is 0.0474 e. The van der Waals surface area contributed by atoms with Gasteiger partial charge in [-0.25, -0.2) is 0 Å². The molecule has 0 radical (unpaired) electrons. The van der Waals surface area contributed by atoms with Crippen molar-refractivity contribution < 1.29 is 0 Å². The number of nitrogens with two attached hydrogens (primary N) is 1. The first-order chi connectivity index (χ1) is 8.70. The number of hydrazine groups is 1. The summed E-state index contributed by atoms with van der Waals surface area (Å²) in [7, 11) is 0. The number of hydrogen-bond acceptors (Lipinski definition) is 3. The summed E-state index contributed by atoms with van der Waals surface area (Å²) in [6.45, 7) is 4.28. The van der Waals surface area contributed by atoms with E-state index >= 15 is 0 Å². The zero-order valence-corrected chi connectivity index (χ0v) is 11.8. The van der Waals surface area contributed by atoms with Crippen LogP contribution in [0.4, 0.5) is 0 Å². The van der Waals surface area contributed by atoms with Crippen molar-refractivity contribution in [1.29, 1.82) is 0 Å². The second kappa shape index (κ2) is 6.14. The fraction of sp³-hybridized carbons (Fsp3) is 0.333. The third-order valence-electron chi connectivity index (χ3n) is 3.28. The van der Waals surface area contributed by atoms with Crippen molar-refractivity contribution in [2.45, 2.75) is 32.7 Å². The van der Waals surface area contributed by atoms with Crippen molar-refractivity contribution in [3.63, 3.8) is 0 Å². The maximum absolute atomic E-state index is 5.68. The van der Waals surface area contributed by atoms with Crippen LogP contribution < -0.4 is 11.3 Å². The monoisotopic (exact) mass is 260 g/mol. The number of hydrogen-bond donors (Lipinski definition) is 2. The summed E-state index contributed by atoms with van der Waals surface area (Å²) in [5, 5.41) is 2.13. The summed E-state index contributed by atoms with van der Waals surface area (Å²) < 4.78 is 0. The van der Waals surface area contributed by atoms with Crippen LogP contribution in [0.2, 0.25) is 0 Å². The average molecular weight is 260 g/mol. The standard InChI is InChI=1S/C15H20N2S/c1-11-4-3-5-13(10-11)6-7-15(17-16)14-8-9-18-12(14)2/h3-5,8-10,15,17H,6-7,16H2,1-2H3. The van der Waals surface area contributed by atoms with Crippen molar-refractivity contribution >= 4 is 11.3 Å². The van der Waals surface area contributed by atoms with Crippen LogP contribution >= 0.6 is 11.3 Å². The molecule has 0 aliphatic heterocycles. The van der Waals surface area contributed by atoms with Crippen molar-refractivity contribution in [3.05, 3.63) is 57.3 Å². The van der Waals surface area contributed by atoms with Gasteiger partial charge in [0.05, 0.1) is 0 Å². The summed E-state index contributed by atoms with van der Waals surface area (Å²) in [6.07, 6.45) is 2.07. The van der Waals surface area contributed by atoms with Gasteiger partial charge in [0.15, 0.2) is 0 Å². The molecule has 0 saturated carbocycles. The van der Waals surface area contributed by atoms with Gasteiger partial charge in [0.1, 0.15) is 0 Å². The Kier molecular flexibility index (Phi) is 4.53. The van der Waals surface area contributed by atoms with Gasteiger partial charge in [0.2, 0.25) is 0 Å². The molecule has 2 aromatic rings. The highest BCUT2D eigenvalue weighted by atomic mass is 32.1. The second-order valence-electron chi connectivity index (χ2n) is 4.68. The average Bonchev–Trinajstić information content (AvgIpc) is 2.77. The fourth-order valence-corrected chi connectivity index (χ4v) is 3.03. The van der Waals surface area contributed by atoms with Gasteiger partial charge < -0.3 is 0 Å². The molecule has 2 rings (SSSR count). The van der Waals surface area contributed by atoms with E-state index in [2.05, 4.69) is 55.0 Å². The molecule has 96 valence electrons. The highest BCUT2D eigenvalue weighted by molar-refractivity contribution is 7.10. The van der Waals surface area contributed by atoms with E-state index in [0.717, 1.165) is 12.8 Å². The second-order valence-corrected chi connectivity index (χ2v) is 5.80. The molecule has 0 amide bonds. The maximum atomic E-state index is 5.68. The molecule has 0 aliphatic carbocycles. The quantitative estimate of drug-likeness (QED) is 0.638. The molecule has 0 fully saturated rings. The van der Waals surface area contributed by atoms with Gasteiger partial charge in [-0.2, -0.15) is 0 Å². The minimum absolute atomic E-state index is 0.247. The molecule has 1 aromatic carbocycles. The van der Waals surface area contributed by atoms with Gasteiger partial charge in [0.25, 0.3) is 0 Å². The third-order valence-corrected chi connectivity index (χ3v) is 4.14. The number of aryl methyl sites for hydroxylation is 3. The Hall–Kier alpha value is -1.16. The molecular formula is C15H20N2S. The minimum atomic E-state index is 0.247. The molecular weight excluding hydrogens is 240 g/mol. The first-order valence-electron chi connectivity index (χ1n) is 6.26. The number of benzene rings is 1. The Bertz CT molecular complexity index is 505. The molecule has 1 unspecified atom stereocenters. The van der Waals surface area contributed by atoms with E-state index in [9.17, 15) is 0 Å². The lowest BCUT2D eigenvalue weighted by Crippen LogP contribution is -2.28. The molecule has 18 heavy (non-hydrogen) atoms. The van der Waals surface area contributed by atoms with E-state index in [1.807, 2.05) is 0 Å². The first-order valence-corrected chi connectivity index (χ1v) is 7.14. The topological polar surface area (TPSA) is 38.0 Å². The number of nitrogens with one attached hydrogen (secondary N) is 1. The lowest BCUT2D eigenvalue weighted by Gasteiger charge is -2.16. The molecule has 3 heteroatoms. The molecule has 0 spiro atoms.